The Morgan fingerprint density at radius 2 is 1.44 bits per heavy atom. The highest BCUT2D eigenvalue weighted by atomic mass is 28.3. The third kappa shape index (κ3) is 5.22. The van der Waals surface area contributed by atoms with Crippen LogP contribution in [0.1, 0.15) is 79.7 Å². The molecule has 0 aliphatic carbocycles. The van der Waals surface area contributed by atoms with E-state index in [1.165, 1.54) is 0 Å². The van der Waals surface area contributed by atoms with Crippen molar-refractivity contribution >= 4 is 8.07 Å². The predicted molar refractivity (Wildman–Crippen MR) is 113 cm³/mol. The van der Waals surface area contributed by atoms with E-state index in [0.29, 0.717) is 16.6 Å². The summed E-state index contributed by atoms with van der Waals surface area (Å²) in [5.41, 5.74) is 5.40. The van der Waals surface area contributed by atoms with Crippen LogP contribution < -0.4 is 0 Å². The first kappa shape index (κ1) is 22.0. The van der Waals surface area contributed by atoms with E-state index in [9.17, 15) is 5.11 Å². The average Bonchev–Trinajstić information content (AvgIpc) is 2.55. The lowest BCUT2D eigenvalue weighted by Gasteiger charge is -2.38. The number of unbranched alkanes of at least 4 members (excludes halogenated alkanes) is 2. The topological polar surface area (TPSA) is 20.2 Å². The van der Waals surface area contributed by atoms with Crippen molar-refractivity contribution in [3.05, 3.63) is 35.9 Å². The van der Waals surface area contributed by atoms with E-state index in [0.717, 1.165) is 31.2 Å². The number of hydrogen-bond acceptors (Lipinski definition) is 1. The molecule has 1 aromatic rings. The fourth-order valence-electron chi connectivity index (χ4n) is 4.27. The molecular formula is C23H38OSi. The zero-order valence-corrected chi connectivity index (χ0v) is 18.4. The van der Waals surface area contributed by atoms with Gasteiger partial charge in [0, 0.05) is 0 Å². The molecule has 0 bridgehead atoms. The molecular weight excluding hydrogens is 320 g/mol. The molecule has 140 valence electrons. The lowest BCUT2D eigenvalue weighted by Crippen LogP contribution is -2.44. The van der Waals surface area contributed by atoms with E-state index in [1.54, 1.807) is 0 Å². The van der Waals surface area contributed by atoms with Gasteiger partial charge in [-0.25, -0.2) is 0 Å². The van der Waals surface area contributed by atoms with Crippen molar-refractivity contribution in [1.29, 1.82) is 0 Å². The first-order valence-electron chi connectivity index (χ1n) is 10.0. The van der Waals surface area contributed by atoms with E-state index in [4.69, 9.17) is 0 Å². The summed E-state index contributed by atoms with van der Waals surface area (Å²) in [6, 6.07) is 10.0. The van der Waals surface area contributed by atoms with Crippen molar-refractivity contribution in [2.45, 2.75) is 96.4 Å². The van der Waals surface area contributed by atoms with E-state index >= 15 is 0 Å². The van der Waals surface area contributed by atoms with Crippen molar-refractivity contribution in [3.8, 4) is 11.5 Å². The summed E-state index contributed by atoms with van der Waals surface area (Å²) < 4.78 is 0. The molecule has 1 nitrogen and oxygen atoms in total. The molecule has 1 unspecified atom stereocenters. The van der Waals surface area contributed by atoms with Gasteiger partial charge in [0.15, 0.2) is 0 Å². The molecule has 1 atom stereocenters. The summed E-state index contributed by atoms with van der Waals surface area (Å²) in [6.07, 6.45) is 4.02. The minimum atomic E-state index is -1.84. The van der Waals surface area contributed by atoms with Crippen LogP contribution >= 0.6 is 0 Å². The van der Waals surface area contributed by atoms with Crippen LogP contribution in [0.2, 0.25) is 16.6 Å². The maximum Gasteiger partial charge on any atom is 0.150 e. The Hall–Kier alpha value is -1.04. The fraction of sp³-hybridized carbons (Fsp3) is 0.652. The van der Waals surface area contributed by atoms with Gasteiger partial charge in [-0.1, -0.05) is 97.6 Å². The van der Waals surface area contributed by atoms with Crippen molar-refractivity contribution in [2.24, 2.45) is 0 Å². The maximum atomic E-state index is 11.5. The molecule has 0 aromatic heterocycles. The maximum absolute atomic E-state index is 11.5. The Kier molecular flexibility index (Phi) is 8.45. The van der Waals surface area contributed by atoms with Crippen LogP contribution in [0.3, 0.4) is 0 Å². The molecule has 0 aliphatic rings. The zero-order chi connectivity index (χ0) is 19.1. The van der Waals surface area contributed by atoms with Gasteiger partial charge in [0.2, 0.25) is 0 Å². The highest BCUT2D eigenvalue weighted by Gasteiger charge is 2.42. The van der Waals surface area contributed by atoms with Gasteiger partial charge in [0.1, 0.15) is 13.7 Å². The number of hydrogen-bond donors (Lipinski definition) is 1. The first-order chi connectivity index (χ1) is 11.7. The fourth-order valence-corrected chi connectivity index (χ4v) is 9.56. The van der Waals surface area contributed by atoms with Crippen LogP contribution in [-0.2, 0) is 5.60 Å². The van der Waals surface area contributed by atoms with Crippen LogP contribution in [0.25, 0.3) is 0 Å². The quantitative estimate of drug-likeness (QED) is 0.312. The van der Waals surface area contributed by atoms with Crippen LogP contribution in [0.15, 0.2) is 30.3 Å². The van der Waals surface area contributed by atoms with Crippen LogP contribution in [-0.4, -0.2) is 13.2 Å². The summed E-state index contributed by atoms with van der Waals surface area (Å²) in [6.45, 7) is 16.1. The van der Waals surface area contributed by atoms with Gasteiger partial charge < -0.3 is 5.11 Å². The highest BCUT2D eigenvalue weighted by Crippen LogP contribution is 2.41. The SMILES string of the molecule is CCCCCC(O)(C#C[Si](C(C)C)(C(C)C)C(C)C)c1ccccc1. The van der Waals surface area contributed by atoms with Crippen molar-refractivity contribution in [3.63, 3.8) is 0 Å². The van der Waals surface area contributed by atoms with Gasteiger partial charge in [-0.3, -0.25) is 0 Å². The second-order valence-electron chi connectivity index (χ2n) is 8.33. The van der Waals surface area contributed by atoms with E-state index in [1.807, 2.05) is 30.3 Å². The Morgan fingerprint density at radius 1 is 0.920 bits per heavy atom. The van der Waals surface area contributed by atoms with Gasteiger partial charge in [-0.15, -0.1) is 5.54 Å². The van der Waals surface area contributed by atoms with Gasteiger partial charge in [-0.2, -0.15) is 0 Å². The van der Waals surface area contributed by atoms with E-state index < -0.39 is 13.7 Å². The van der Waals surface area contributed by atoms with Crippen LogP contribution in [0.5, 0.6) is 0 Å². The molecule has 0 amide bonds. The summed E-state index contributed by atoms with van der Waals surface area (Å²) >= 11 is 0. The van der Waals surface area contributed by atoms with Gasteiger partial charge in [0.25, 0.3) is 0 Å². The Labute approximate surface area is 157 Å². The summed E-state index contributed by atoms with van der Waals surface area (Å²) in [5.74, 6) is 3.42. The summed E-state index contributed by atoms with van der Waals surface area (Å²) in [5, 5.41) is 11.5. The van der Waals surface area contributed by atoms with Crippen molar-refractivity contribution in [2.75, 3.05) is 0 Å². The normalized spacial score (nSPS) is 14.5. The van der Waals surface area contributed by atoms with Gasteiger partial charge >= 0.3 is 0 Å². The Morgan fingerprint density at radius 3 is 1.88 bits per heavy atom. The standard InChI is InChI=1S/C23H38OSi/c1-8-9-13-16-23(24,22-14-11-10-12-15-22)17-18-25(19(2)3,20(4)5)21(6)7/h10-12,14-15,19-21,24H,8-9,13,16H2,1-7H3. The molecule has 0 aliphatic heterocycles. The smallest absolute Gasteiger partial charge is 0.150 e. The van der Waals surface area contributed by atoms with Crippen molar-refractivity contribution < 1.29 is 5.11 Å². The molecule has 1 rings (SSSR count). The van der Waals surface area contributed by atoms with Crippen LogP contribution in [0.4, 0.5) is 0 Å². The molecule has 0 radical (unpaired) electrons. The molecule has 1 aromatic carbocycles. The third-order valence-corrected chi connectivity index (χ3v) is 12.0. The van der Waals surface area contributed by atoms with Gasteiger partial charge in [-0.05, 0) is 35.0 Å². The summed E-state index contributed by atoms with van der Waals surface area (Å²) in [7, 11) is -1.84. The number of benzene rings is 1. The molecule has 1 N–H and O–H groups in total. The predicted octanol–water partition coefficient (Wildman–Crippen LogP) is 6.68. The molecule has 0 saturated carbocycles. The first-order valence-corrected chi connectivity index (χ1v) is 12.3. The zero-order valence-electron chi connectivity index (χ0n) is 17.4. The average molecular weight is 359 g/mol. The monoisotopic (exact) mass is 358 g/mol. The van der Waals surface area contributed by atoms with E-state index in [-0.39, 0.29) is 0 Å². The number of rotatable bonds is 8. The molecule has 0 saturated heterocycles. The van der Waals surface area contributed by atoms with Gasteiger partial charge in [0.05, 0.1) is 0 Å². The third-order valence-electron chi connectivity index (χ3n) is 5.75. The largest absolute Gasteiger partial charge is 0.373 e. The minimum absolute atomic E-state index is 0.579. The van der Waals surface area contributed by atoms with Crippen molar-refractivity contribution in [1.82, 2.24) is 0 Å². The lowest BCUT2D eigenvalue weighted by molar-refractivity contribution is 0.0871. The molecule has 0 heterocycles. The second kappa shape index (κ2) is 9.60. The molecule has 25 heavy (non-hydrogen) atoms. The molecule has 0 spiro atoms. The van der Waals surface area contributed by atoms with Crippen LogP contribution in [0, 0.1) is 11.5 Å². The lowest BCUT2D eigenvalue weighted by atomic mass is 9.89. The molecule has 2 heteroatoms. The number of aliphatic hydroxyl groups is 1. The summed E-state index contributed by atoms with van der Waals surface area (Å²) in [4.78, 5) is 0. The van der Waals surface area contributed by atoms with E-state index in [2.05, 4.69) is 59.9 Å². The second-order valence-corrected chi connectivity index (χ2v) is 13.9. The molecule has 0 fully saturated rings. The minimum Gasteiger partial charge on any atom is -0.373 e. The highest BCUT2D eigenvalue weighted by molar-refractivity contribution is 6.90. The Balaban J connectivity index is 3.36. The Bertz CT molecular complexity index is 543.